The monoisotopic (exact) mass is 370 g/mol. The Morgan fingerprint density at radius 1 is 1.21 bits per heavy atom. The quantitative estimate of drug-likeness (QED) is 0.878. The van der Waals surface area contributed by atoms with Crippen LogP contribution >= 0.6 is 11.6 Å². The number of carbonyl (C=O) groups is 1. The van der Waals surface area contributed by atoms with Crippen LogP contribution in [0, 0.1) is 5.82 Å². The Hall–Kier alpha value is -2.12. The first-order valence-electron chi connectivity index (χ1n) is 7.00. The molecule has 8 heteroatoms. The highest BCUT2D eigenvalue weighted by Crippen LogP contribution is 2.23. The second-order valence-corrected chi connectivity index (χ2v) is 7.51. The van der Waals surface area contributed by atoms with Gasteiger partial charge >= 0.3 is 0 Å². The van der Waals surface area contributed by atoms with Gasteiger partial charge in [-0.2, -0.15) is 0 Å². The van der Waals surface area contributed by atoms with Crippen molar-refractivity contribution in [2.24, 2.45) is 0 Å². The van der Waals surface area contributed by atoms with Gasteiger partial charge in [0.2, 0.25) is 15.9 Å². The summed E-state index contributed by atoms with van der Waals surface area (Å²) in [7, 11) is -3.80. The zero-order valence-electron chi connectivity index (χ0n) is 13.0. The number of sulfonamides is 1. The molecule has 1 N–H and O–H groups in total. The standard InChI is InChI=1S/C16H16ClFN2O3S/c1-11(16(21)19-14-7-3-5-12(17)9-14)20(24(2,22)23)15-8-4-6-13(18)10-15/h3-11H,1-2H3,(H,19,21)/t11-/m0/s1. The molecule has 0 spiro atoms. The van der Waals surface area contributed by atoms with E-state index in [4.69, 9.17) is 11.6 Å². The van der Waals surface area contributed by atoms with Gasteiger partial charge in [0.1, 0.15) is 11.9 Å². The molecule has 2 rings (SSSR count). The number of anilines is 2. The lowest BCUT2D eigenvalue weighted by atomic mass is 10.2. The van der Waals surface area contributed by atoms with Crippen LogP contribution in [-0.2, 0) is 14.8 Å². The van der Waals surface area contributed by atoms with Gasteiger partial charge in [-0.15, -0.1) is 0 Å². The van der Waals surface area contributed by atoms with E-state index in [0.29, 0.717) is 10.7 Å². The molecule has 0 aliphatic carbocycles. The largest absolute Gasteiger partial charge is 0.324 e. The number of nitrogens with zero attached hydrogens (tertiary/aromatic N) is 1. The van der Waals surface area contributed by atoms with Gasteiger partial charge in [-0.3, -0.25) is 9.10 Å². The van der Waals surface area contributed by atoms with Crippen LogP contribution in [0.15, 0.2) is 48.5 Å². The lowest BCUT2D eigenvalue weighted by Crippen LogP contribution is -2.45. The Labute approximate surface area is 145 Å². The van der Waals surface area contributed by atoms with Crippen molar-refractivity contribution in [1.82, 2.24) is 0 Å². The van der Waals surface area contributed by atoms with Gasteiger partial charge in [-0.1, -0.05) is 23.7 Å². The molecule has 24 heavy (non-hydrogen) atoms. The van der Waals surface area contributed by atoms with E-state index in [1.54, 1.807) is 24.3 Å². The molecule has 2 aromatic carbocycles. The predicted molar refractivity (Wildman–Crippen MR) is 93.3 cm³/mol. The lowest BCUT2D eigenvalue weighted by molar-refractivity contribution is -0.116. The smallest absolute Gasteiger partial charge is 0.247 e. The Balaban J connectivity index is 2.31. The minimum Gasteiger partial charge on any atom is -0.324 e. The summed E-state index contributed by atoms with van der Waals surface area (Å²) >= 11 is 5.86. The Morgan fingerprint density at radius 3 is 2.46 bits per heavy atom. The number of rotatable bonds is 5. The number of benzene rings is 2. The van der Waals surface area contributed by atoms with E-state index in [1.165, 1.54) is 25.1 Å². The van der Waals surface area contributed by atoms with E-state index in [9.17, 15) is 17.6 Å². The molecular weight excluding hydrogens is 355 g/mol. The third-order valence-electron chi connectivity index (χ3n) is 3.24. The highest BCUT2D eigenvalue weighted by molar-refractivity contribution is 7.92. The molecular formula is C16H16ClFN2O3S. The summed E-state index contributed by atoms with van der Waals surface area (Å²) in [6.45, 7) is 1.42. The fraction of sp³-hybridized carbons (Fsp3) is 0.188. The molecule has 2 aromatic rings. The molecule has 0 unspecified atom stereocenters. The average Bonchev–Trinajstić information content (AvgIpc) is 2.46. The van der Waals surface area contributed by atoms with Gasteiger partial charge in [0.25, 0.3) is 0 Å². The van der Waals surface area contributed by atoms with E-state index < -0.39 is 27.8 Å². The summed E-state index contributed by atoms with van der Waals surface area (Å²) in [6.07, 6.45) is 0.959. The predicted octanol–water partition coefficient (Wildman–Crippen LogP) is 3.27. The van der Waals surface area contributed by atoms with Crippen molar-refractivity contribution < 1.29 is 17.6 Å². The Morgan fingerprint density at radius 2 is 1.88 bits per heavy atom. The van der Waals surface area contributed by atoms with Crippen LogP contribution in [0.4, 0.5) is 15.8 Å². The molecule has 1 amide bonds. The maximum atomic E-state index is 13.4. The molecule has 0 bridgehead atoms. The summed E-state index contributed by atoms with van der Waals surface area (Å²) in [4.78, 5) is 12.4. The van der Waals surface area contributed by atoms with Crippen LogP contribution in [0.3, 0.4) is 0 Å². The number of hydrogen-bond donors (Lipinski definition) is 1. The van der Waals surface area contributed by atoms with Crippen molar-refractivity contribution in [1.29, 1.82) is 0 Å². The molecule has 0 heterocycles. The SMILES string of the molecule is C[C@@H](C(=O)Nc1cccc(Cl)c1)N(c1cccc(F)c1)S(C)(=O)=O. The second kappa shape index (κ2) is 7.19. The maximum Gasteiger partial charge on any atom is 0.247 e. The topological polar surface area (TPSA) is 66.5 Å². The minimum absolute atomic E-state index is 0.0752. The third kappa shape index (κ3) is 4.46. The van der Waals surface area contributed by atoms with Gasteiger partial charge in [-0.05, 0) is 43.3 Å². The van der Waals surface area contributed by atoms with Crippen LogP contribution in [0.2, 0.25) is 5.02 Å². The zero-order chi connectivity index (χ0) is 17.9. The third-order valence-corrected chi connectivity index (χ3v) is 4.72. The van der Waals surface area contributed by atoms with E-state index in [2.05, 4.69) is 5.32 Å². The van der Waals surface area contributed by atoms with Gasteiger partial charge in [-0.25, -0.2) is 12.8 Å². The number of nitrogens with one attached hydrogen (secondary N) is 1. The summed E-state index contributed by atoms with van der Waals surface area (Å²) < 4.78 is 38.5. The van der Waals surface area contributed by atoms with Crippen molar-refractivity contribution >= 4 is 38.9 Å². The summed E-state index contributed by atoms with van der Waals surface area (Å²) in [5, 5.41) is 3.03. The van der Waals surface area contributed by atoms with E-state index in [0.717, 1.165) is 16.6 Å². The molecule has 0 saturated heterocycles. The molecule has 0 aromatic heterocycles. The van der Waals surface area contributed by atoms with Crippen molar-refractivity contribution in [3.8, 4) is 0 Å². The molecule has 5 nitrogen and oxygen atoms in total. The average molecular weight is 371 g/mol. The van der Waals surface area contributed by atoms with E-state index in [-0.39, 0.29) is 5.69 Å². The fourth-order valence-corrected chi connectivity index (χ4v) is 3.59. The molecule has 0 fully saturated rings. The van der Waals surface area contributed by atoms with E-state index in [1.807, 2.05) is 0 Å². The first-order valence-corrected chi connectivity index (χ1v) is 9.22. The van der Waals surface area contributed by atoms with Gasteiger partial charge in [0, 0.05) is 10.7 Å². The second-order valence-electron chi connectivity index (χ2n) is 5.21. The molecule has 1 atom stereocenters. The van der Waals surface area contributed by atoms with Crippen LogP contribution in [0.5, 0.6) is 0 Å². The van der Waals surface area contributed by atoms with Crippen molar-refractivity contribution in [2.45, 2.75) is 13.0 Å². The number of halogens is 2. The van der Waals surface area contributed by atoms with Crippen molar-refractivity contribution in [2.75, 3.05) is 15.9 Å². The van der Waals surface area contributed by atoms with Gasteiger partial charge in [0.05, 0.1) is 11.9 Å². The summed E-state index contributed by atoms with van der Waals surface area (Å²) in [5.74, 6) is -1.16. The van der Waals surface area contributed by atoms with E-state index >= 15 is 0 Å². The number of hydrogen-bond acceptors (Lipinski definition) is 3. The Bertz CT molecular complexity index is 858. The maximum absolute atomic E-state index is 13.4. The van der Waals surface area contributed by atoms with Crippen LogP contribution in [0.1, 0.15) is 6.92 Å². The van der Waals surface area contributed by atoms with Crippen LogP contribution in [0.25, 0.3) is 0 Å². The lowest BCUT2D eigenvalue weighted by Gasteiger charge is -2.28. The highest BCUT2D eigenvalue weighted by Gasteiger charge is 2.29. The molecule has 0 aliphatic heterocycles. The fourth-order valence-electron chi connectivity index (χ4n) is 2.23. The van der Waals surface area contributed by atoms with Crippen molar-refractivity contribution in [3.05, 3.63) is 59.4 Å². The number of carbonyl (C=O) groups excluding carboxylic acids is 1. The summed E-state index contributed by atoms with van der Waals surface area (Å²) in [6, 6.07) is 10.5. The Kier molecular flexibility index (Phi) is 5.46. The zero-order valence-corrected chi connectivity index (χ0v) is 14.6. The normalized spacial score (nSPS) is 12.5. The molecule has 128 valence electrons. The molecule has 0 saturated carbocycles. The van der Waals surface area contributed by atoms with Gasteiger partial charge in [0.15, 0.2) is 0 Å². The molecule has 0 aliphatic rings. The summed E-state index contributed by atoms with van der Waals surface area (Å²) in [5.41, 5.74) is 0.512. The first-order chi connectivity index (χ1) is 11.2. The van der Waals surface area contributed by atoms with Crippen LogP contribution < -0.4 is 9.62 Å². The first kappa shape index (κ1) is 18.2. The highest BCUT2D eigenvalue weighted by atomic mass is 35.5. The van der Waals surface area contributed by atoms with Crippen LogP contribution in [-0.4, -0.2) is 26.6 Å². The number of amides is 1. The molecule has 0 radical (unpaired) electrons. The minimum atomic E-state index is -3.80. The van der Waals surface area contributed by atoms with Gasteiger partial charge < -0.3 is 5.32 Å². The van der Waals surface area contributed by atoms with Crippen molar-refractivity contribution in [3.63, 3.8) is 0 Å².